The van der Waals surface area contributed by atoms with Crippen LogP contribution in [0.25, 0.3) is 0 Å². The molecule has 0 radical (unpaired) electrons. The molecule has 0 aliphatic heterocycles. The molecule has 0 spiro atoms. The second-order valence-electron chi connectivity index (χ2n) is 4.08. The second kappa shape index (κ2) is 7.39. The van der Waals surface area contributed by atoms with Gasteiger partial charge in [-0.2, -0.15) is 0 Å². The fraction of sp³-hybridized carbons (Fsp3) is 0.500. The molecule has 8 heteroatoms. The lowest BCUT2D eigenvalue weighted by Gasteiger charge is -2.14. The number of pyridine rings is 1. The quantitative estimate of drug-likeness (QED) is 0.451. The summed E-state index contributed by atoms with van der Waals surface area (Å²) in [7, 11) is 1.52. The number of nitrogens with zero attached hydrogens (tertiary/aromatic N) is 2. The summed E-state index contributed by atoms with van der Waals surface area (Å²) in [6.07, 6.45) is -0.866. The molecule has 0 aliphatic carbocycles. The van der Waals surface area contributed by atoms with Crippen molar-refractivity contribution >= 4 is 11.7 Å². The topological polar surface area (TPSA) is 104 Å². The monoisotopic (exact) mass is 283 g/mol. The van der Waals surface area contributed by atoms with Gasteiger partial charge < -0.3 is 24.9 Å². The zero-order valence-corrected chi connectivity index (χ0v) is 11.6. The normalized spacial score (nSPS) is 11.8. The number of nitrogens with one attached hydrogen (secondary N) is 1. The molecular weight excluding hydrogens is 266 g/mol. The van der Waals surface area contributed by atoms with Gasteiger partial charge in [-0.3, -0.25) is 4.79 Å². The van der Waals surface area contributed by atoms with E-state index in [9.17, 15) is 14.9 Å². The number of aromatic nitrogens is 1. The lowest BCUT2D eigenvalue weighted by atomic mass is 10.3. The van der Waals surface area contributed by atoms with E-state index < -0.39 is 16.8 Å². The maximum Gasteiger partial charge on any atom is 0.406 e. The van der Waals surface area contributed by atoms with Crippen molar-refractivity contribution in [3.05, 3.63) is 27.9 Å². The van der Waals surface area contributed by atoms with Gasteiger partial charge in [0.2, 0.25) is 5.75 Å². The minimum atomic E-state index is -0.866. The highest BCUT2D eigenvalue weighted by molar-refractivity contribution is 5.80. The van der Waals surface area contributed by atoms with Crippen LogP contribution in [0.4, 0.5) is 5.82 Å². The van der Waals surface area contributed by atoms with E-state index in [4.69, 9.17) is 9.47 Å². The Kier molecular flexibility index (Phi) is 5.85. The Balaban J connectivity index is 2.72. The van der Waals surface area contributed by atoms with Gasteiger partial charge >= 0.3 is 5.82 Å². The van der Waals surface area contributed by atoms with E-state index in [1.54, 1.807) is 13.0 Å². The molecular formula is C12H17N3O5. The number of amides is 1. The standard InChI is InChI=1S/C12H17N3O5/c1-8-4-5-10(11(14-8)15(17)18)20-9(2)12(16)13-6-7-19-3/h4-5,9H,6-7H2,1-3H3,(H,13,16)/t9-/m1/s1. The van der Waals surface area contributed by atoms with Gasteiger partial charge in [-0.1, -0.05) is 0 Å². The first-order valence-corrected chi connectivity index (χ1v) is 6.01. The highest BCUT2D eigenvalue weighted by Gasteiger charge is 2.22. The summed E-state index contributed by atoms with van der Waals surface area (Å²) in [5.41, 5.74) is 0.501. The fourth-order valence-corrected chi connectivity index (χ4v) is 1.42. The summed E-state index contributed by atoms with van der Waals surface area (Å²) < 4.78 is 10.1. The van der Waals surface area contributed by atoms with Gasteiger partial charge in [0.05, 0.1) is 6.61 Å². The van der Waals surface area contributed by atoms with Crippen LogP contribution >= 0.6 is 0 Å². The van der Waals surface area contributed by atoms with E-state index in [-0.39, 0.29) is 11.7 Å². The average Bonchev–Trinajstić information content (AvgIpc) is 2.40. The molecule has 20 heavy (non-hydrogen) atoms. The number of rotatable bonds is 7. The first kappa shape index (κ1) is 15.8. The predicted molar refractivity (Wildman–Crippen MR) is 70.6 cm³/mol. The van der Waals surface area contributed by atoms with Crippen LogP contribution in [0.2, 0.25) is 0 Å². The number of aryl methyl sites for hydroxylation is 1. The van der Waals surface area contributed by atoms with Crippen molar-refractivity contribution in [1.82, 2.24) is 10.3 Å². The van der Waals surface area contributed by atoms with Crippen LogP contribution in [0, 0.1) is 17.0 Å². The lowest BCUT2D eigenvalue weighted by Crippen LogP contribution is -2.38. The SMILES string of the molecule is COCCNC(=O)[C@@H](C)Oc1ccc(C)nc1[N+](=O)[O-]. The molecule has 0 bridgehead atoms. The molecule has 0 unspecified atom stereocenters. The highest BCUT2D eigenvalue weighted by Crippen LogP contribution is 2.25. The molecule has 1 aromatic rings. The summed E-state index contributed by atoms with van der Waals surface area (Å²) in [5.74, 6) is -0.812. The van der Waals surface area contributed by atoms with Crippen molar-refractivity contribution in [2.24, 2.45) is 0 Å². The smallest absolute Gasteiger partial charge is 0.406 e. The average molecular weight is 283 g/mol. The molecule has 1 atom stereocenters. The van der Waals surface area contributed by atoms with Crippen molar-refractivity contribution < 1.29 is 19.2 Å². The van der Waals surface area contributed by atoms with Gasteiger partial charge in [0.15, 0.2) is 6.10 Å². The van der Waals surface area contributed by atoms with E-state index in [2.05, 4.69) is 10.3 Å². The Labute approximate surface area is 116 Å². The van der Waals surface area contributed by atoms with Crippen molar-refractivity contribution in [3.63, 3.8) is 0 Å². The third-order valence-corrected chi connectivity index (χ3v) is 2.43. The number of methoxy groups -OCH3 is 1. The predicted octanol–water partition coefficient (Wildman–Crippen LogP) is 0.828. The largest absolute Gasteiger partial charge is 0.473 e. The molecule has 1 rings (SSSR count). The number of nitro groups is 1. The number of hydrogen-bond acceptors (Lipinski definition) is 6. The third kappa shape index (κ3) is 4.47. The van der Waals surface area contributed by atoms with Crippen LogP contribution in [0.15, 0.2) is 12.1 Å². The summed E-state index contributed by atoms with van der Waals surface area (Å²) in [6, 6.07) is 3.01. The number of carbonyl (C=O) groups excluding carboxylic acids is 1. The maximum atomic E-state index is 11.7. The number of carbonyl (C=O) groups is 1. The van der Waals surface area contributed by atoms with Crippen molar-refractivity contribution in [2.75, 3.05) is 20.3 Å². The number of ether oxygens (including phenoxy) is 2. The molecule has 0 aromatic carbocycles. The van der Waals surface area contributed by atoms with Crippen LogP contribution in [0.3, 0.4) is 0 Å². The highest BCUT2D eigenvalue weighted by atomic mass is 16.6. The van der Waals surface area contributed by atoms with Gasteiger partial charge in [-0.15, -0.1) is 0 Å². The van der Waals surface area contributed by atoms with Crippen molar-refractivity contribution in [2.45, 2.75) is 20.0 Å². The minimum absolute atomic E-state index is 0.0324. The Hall–Kier alpha value is -2.22. The Morgan fingerprint density at radius 1 is 1.55 bits per heavy atom. The van der Waals surface area contributed by atoms with E-state index in [0.717, 1.165) is 0 Å². The maximum absolute atomic E-state index is 11.7. The third-order valence-electron chi connectivity index (χ3n) is 2.43. The minimum Gasteiger partial charge on any atom is -0.473 e. The zero-order valence-electron chi connectivity index (χ0n) is 11.6. The van der Waals surface area contributed by atoms with Crippen molar-refractivity contribution in [3.8, 4) is 5.75 Å². The van der Waals surface area contributed by atoms with Crippen LogP contribution < -0.4 is 10.1 Å². The van der Waals surface area contributed by atoms with Crippen LogP contribution in [-0.4, -0.2) is 42.2 Å². The molecule has 1 heterocycles. The molecule has 0 saturated heterocycles. The number of hydrogen-bond donors (Lipinski definition) is 1. The Morgan fingerprint density at radius 2 is 2.25 bits per heavy atom. The lowest BCUT2D eigenvalue weighted by molar-refractivity contribution is -0.390. The van der Waals surface area contributed by atoms with Crippen LogP contribution in [0.1, 0.15) is 12.6 Å². The van der Waals surface area contributed by atoms with Crippen molar-refractivity contribution in [1.29, 1.82) is 0 Å². The van der Waals surface area contributed by atoms with Gasteiger partial charge in [-0.25, -0.2) is 0 Å². The molecule has 0 saturated carbocycles. The van der Waals surface area contributed by atoms with Gasteiger partial charge in [-0.05, 0) is 29.0 Å². The van der Waals surface area contributed by atoms with E-state index >= 15 is 0 Å². The van der Waals surface area contributed by atoms with Crippen LogP contribution in [0.5, 0.6) is 5.75 Å². The van der Waals surface area contributed by atoms with Gasteiger partial charge in [0, 0.05) is 20.6 Å². The molecule has 0 aliphatic rings. The van der Waals surface area contributed by atoms with Crippen LogP contribution in [-0.2, 0) is 9.53 Å². The molecule has 110 valence electrons. The Bertz CT molecular complexity index is 492. The summed E-state index contributed by atoms with van der Waals surface area (Å²) in [6.45, 7) is 3.87. The summed E-state index contributed by atoms with van der Waals surface area (Å²) in [4.78, 5) is 25.7. The molecule has 1 N–H and O–H groups in total. The Morgan fingerprint density at radius 3 is 2.85 bits per heavy atom. The molecule has 8 nitrogen and oxygen atoms in total. The van der Waals surface area contributed by atoms with Gasteiger partial charge in [0.1, 0.15) is 5.69 Å². The fourth-order valence-electron chi connectivity index (χ4n) is 1.42. The zero-order chi connectivity index (χ0) is 15.1. The summed E-state index contributed by atoms with van der Waals surface area (Å²) >= 11 is 0. The molecule has 1 aromatic heterocycles. The van der Waals surface area contributed by atoms with Gasteiger partial charge in [0.25, 0.3) is 5.91 Å². The second-order valence-corrected chi connectivity index (χ2v) is 4.08. The summed E-state index contributed by atoms with van der Waals surface area (Å²) in [5, 5.41) is 13.5. The first-order chi connectivity index (χ1) is 9.45. The van der Waals surface area contributed by atoms with E-state index in [0.29, 0.717) is 18.8 Å². The molecule has 1 amide bonds. The molecule has 0 fully saturated rings. The van der Waals surface area contributed by atoms with E-state index in [1.807, 2.05) is 0 Å². The van der Waals surface area contributed by atoms with E-state index in [1.165, 1.54) is 20.1 Å². The first-order valence-electron chi connectivity index (χ1n) is 6.01.